The molecule has 0 spiro atoms. The van der Waals surface area contributed by atoms with Gasteiger partial charge in [-0.15, -0.1) is 0 Å². The molecule has 2 rings (SSSR count). The van der Waals surface area contributed by atoms with Crippen LogP contribution in [0.5, 0.6) is 0 Å². The Morgan fingerprint density at radius 3 is 2.28 bits per heavy atom. The van der Waals surface area contributed by atoms with Crippen LogP contribution >= 0.6 is 0 Å². The third-order valence-electron chi connectivity index (χ3n) is 5.15. The molecule has 1 saturated carbocycles. The molecule has 0 aromatic carbocycles. The molecule has 1 N–H and O–H groups in total. The number of aliphatic hydroxyl groups excluding tert-OH is 1. The number of hydrogen-bond donors (Lipinski definition) is 1. The fourth-order valence-corrected chi connectivity index (χ4v) is 3.83. The van der Waals surface area contributed by atoms with Gasteiger partial charge in [-0.2, -0.15) is 0 Å². The first-order valence-corrected chi connectivity index (χ1v) is 7.90. The predicted molar refractivity (Wildman–Crippen MR) is 76.6 cm³/mol. The molecule has 2 heteroatoms. The van der Waals surface area contributed by atoms with Crippen LogP contribution in [-0.2, 0) is 0 Å². The maximum Gasteiger partial charge on any atom is 0.0695 e. The average Bonchev–Trinajstić information content (AvgIpc) is 2.54. The van der Waals surface area contributed by atoms with Gasteiger partial charge in [0, 0.05) is 6.04 Å². The number of likely N-dealkylation sites (tertiary alicyclic amines) is 1. The summed E-state index contributed by atoms with van der Waals surface area (Å²) in [5, 5.41) is 10.2. The van der Waals surface area contributed by atoms with Crippen LogP contribution in [0, 0.1) is 11.3 Å². The first-order chi connectivity index (χ1) is 8.48. The van der Waals surface area contributed by atoms with Crippen LogP contribution in [0.25, 0.3) is 0 Å². The van der Waals surface area contributed by atoms with Gasteiger partial charge in [0.05, 0.1) is 6.10 Å². The number of rotatable bonds is 1. The molecule has 1 heterocycles. The fourth-order valence-electron chi connectivity index (χ4n) is 3.83. The van der Waals surface area contributed by atoms with Crippen LogP contribution in [0.2, 0.25) is 0 Å². The van der Waals surface area contributed by atoms with E-state index in [2.05, 4.69) is 25.7 Å². The second kappa shape index (κ2) is 5.92. The summed E-state index contributed by atoms with van der Waals surface area (Å²) < 4.78 is 0. The molecule has 1 saturated heterocycles. The first-order valence-electron chi connectivity index (χ1n) is 7.90. The Bertz CT molecular complexity index is 258. The summed E-state index contributed by atoms with van der Waals surface area (Å²) in [6.07, 6.45) is 8.67. The van der Waals surface area contributed by atoms with E-state index in [1.807, 2.05) is 0 Å². The van der Waals surface area contributed by atoms with Gasteiger partial charge in [0.15, 0.2) is 0 Å². The maximum atomic E-state index is 10.2. The van der Waals surface area contributed by atoms with E-state index >= 15 is 0 Å². The van der Waals surface area contributed by atoms with Crippen LogP contribution in [0.15, 0.2) is 0 Å². The molecule has 2 aliphatic rings. The molecule has 1 aliphatic carbocycles. The van der Waals surface area contributed by atoms with Crippen molar-refractivity contribution in [2.45, 2.75) is 77.9 Å². The summed E-state index contributed by atoms with van der Waals surface area (Å²) in [5.41, 5.74) is 0.446. The van der Waals surface area contributed by atoms with Crippen LogP contribution in [0.1, 0.15) is 65.7 Å². The van der Waals surface area contributed by atoms with E-state index in [1.165, 1.54) is 51.6 Å². The summed E-state index contributed by atoms with van der Waals surface area (Å²) in [7, 11) is 0. The summed E-state index contributed by atoms with van der Waals surface area (Å²) in [6, 6.07) is 0.456. The van der Waals surface area contributed by atoms with Crippen LogP contribution in [0.3, 0.4) is 0 Å². The third-order valence-corrected chi connectivity index (χ3v) is 5.15. The van der Waals surface area contributed by atoms with Crippen molar-refractivity contribution in [3.8, 4) is 0 Å². The topological polar surface area (TPSA) is 23.5 Å². The predicted octanol–water partition coefficient (Wildman–Crippen LogP) is 3.44. The minimum Gasteiger partial charge on any atom is -0.391 e. The number of hydrogen-bond acceptors (Lipinski definition) is 2. The van der Waals surface area contributed by atoms with Crippen molar-refractivity contribution in [1.29, 1.82) is 0 Å². The SMILES string of the molecule is CC(C)(C)C1CCCN([C@H]2CCCC[C@@H]2O)CC1. The Morgan fingerprint density at radius 1 is 0.889 bits per heavy atom. The van der Waals surface area contributed by atoms with Crippen molar-refractivity contribution >= 4 is 0 Å². The second-order valence-electron chi connectivity index (χ2n) is 7.45. The molecule has 2 nitrogen and oxygen atoms in total. The molecule has 3 atom stereocenters. The van der Waals surface area contributed by atoms with Crippen molar-refractivity contribution in [1.82, 2.24) is 4.90 Å². The Balaban J connectivity index is 1.92. The molecule has 18 heavy (non-hydrogen) atoms. The highest BCUT2D eigenvalue weighted by Gasteiger charge is 2.32. The normalized spacial score (nSPS) is 36.3. The maximum absolute atomic E-state index is 10.2. The van der Waals surface area contributed by atoms with Gasteiger partial charge in [0.1, 0.15) is 0 Å². The summed E-state index contributed by atoms with van der Waals surface area (Å²) in [6.45, 7) is 9.53. The van der Waals surface area contributed by atoms with Gasteiger partial charge in [-0.05, 0) is 56.5 Å². The zero-order valence-electron chi connectivity index (χ0n) is 12.5. The molecule has 2 fully saturated rings. The van der Waals surface area contributed by atoms with Crippen molar-refractivity contribution in [3.63, 3.8) is 0 Å². The van der Waals surface area contributed by atoms with Gasteiger partial charge >= 0.3 is 0 Å². The molecule has 0 aromatic heterocycles. The highest BCUT2D eigenvalue weighted by atomic mass is 16.3. The highest BCUT2D eigenvalue weighted by molar-refractivity contribution is 4.86. The second-order valence-corrected chi connectivity index (χ2v) is 7.45. The molecule has 0 radical (unpaired) electrons. The minimum absolute atomic E-state index is 0.0649. The van der Waals surface area contributed by atoms with E-state index in [-0.39, 0.29) is 6.10 Å². The summed E-state index contributed by atoms with van der Waals surface area (Å²) in [4.78, 5) is 2.59. The largest absolute Gasteiger partial charge is 0.391 e. The lowest BCUT2D eigenvalue weighted by atomic mass is 9.77. The van der Waals surface area contributed by atoms with Crippen LogP contribution in [-0.4, -0.2) is 35.2 Å². The molecule has 0 aromatic rings. The van der Waals surface area contributed by atoms with E-state index in [9.17, 15) is 5.11 Å². The van der Waals surface area contributed by atoms with E-state index in [4.69, 9.17) is 0 Å². The molecule has 1 unspecified atom stereocenters. The van der Waals surface area contributed by atoms with Gasteiger partial charge in [-0.25, -0.2) is 0 Å². The molecule has 1 aliphatic heterocycles. The Labute approximate surface area is 113 Å². The molecule has 106 valence electrons. The molecule has 0 amide bonds. The third kappa shape index (κ3) is 3.48. The Morgan fingerprint density at radius 2 is 1.61 bits per heavy atom. The van der Waals surface area contributed by atoms with Gasteiger partial charge in [-0.1, -0.05) is 33.6 Å². The monoisotopic (exact) mass is 253 g/mol. The summed E-state index contributed by atoms with van der Waals surface area (Å²) >= 11 is 0. The van der Waals surface area contributed by atoms with Gasteiger partial charge < -0.3 is 5.11 Å². The lowest BCUT2D eigenvalue weighted by molar-refractivity contribution is 0.0201. The average molecular weight is 253 g/mol. The zero-order valence-corrected chi connectivity index (χ0v) is 12.5. The first kappa shape index (κ1) is 14.3. The van der Waals surface area contributed by atoms with Crippen LogP contribution in [0.4, 0.5) is 0 Å². The van der Waals surface area contributed by atoms with Crippen molar-refractivity contribution in [2.75, 3.05) is 13.1 Å². The van der Waals surface area contributed by atoms with E-state index in [1.54, 1.807) is 0 Å². The number of nitrogens with zero attached hydrogens (tertiary/aromatic N) is 1. The molecular formula is C16H31NO. The van der Waals surface area contributed by atoms with Gasteiger partial charge in [-0.3, -0.25) is 4.90 Å². The standard InChI is InChI=1S/C16H31NO/c1-16(2,3)13-7-6-11-17(12-10-13)14-8-4-5-9-15(14)18/h13-15,18H,4-12H2,1-3H3/t13?,14-,15-/m0/s1. The Hall–Kier alpha value is -0.0800. The van der Waals surface area contributed by atoms with Crippen molar-refractivity contribution in [2.24, 2.45) is 11.3 Å². The highest BCUT2D eigenvalue weighted by Crippen LogP contribution is 2.35. The van der Waals surface area contributed by atoms with Gasteiger partial charge in [0.2, 0.25) is 0 Å². The molecule has 0 bridgehead atoms. The lowest BCUT2D eigenvalue weighted by Crippen LogP contribution is -2.46. The van der Waals surface area contributed by atoms with E-state index in [0.717, 1.165) is 12.3 Å². The van der Waals surface area contributed by atoms with E-state index < -0.39 is 0 Å². The van der Waals surface area contributed by atoms with Crippen molar-refractivity contribution in [3.05, 3.63) is 0 Å². The Kier molecular flexibility index (Phi) is 4.71. The van der Waals surface area contributed by atoms with Crippen LogP contribution < -0.4 is 0 Å². The quantitative estimate of drug-likeness (QED) is 0.774. The van der Waals surface area contributed by atoms with E-state index in [0.29, 0.717) is 11.5 Å². The lowest BCUT2D eigenvalue weighted by Gasteiger charge is -2.37. The number of aliphatic hydroxyl groups is 1. The van der Waals surface area contributed by atoms with Crippen molar-refractivity contribution < 1.29 is 5.11 Å². The minimum atomic E-state index is -0.0649. The smallest absolute Gasteiger partial charge is 0.0695 e. The summed E-state index contributed by atoms with van der Waals surface area (Å²) in [5.74, 6) is 0.850. The zero-order chi connectivity index (χ0) is 13.2. The molecular weight excluding hydrogens is 222 g/mol. The van der Waals surface area contributed by atoms with Gasteiger partial charge in [0.25, 0.3) is 0 Å². The fraction of sp³-hybridized carbons (Fsp3) is 1.00.